The Hall–Kier alpha value is -1.81. The molecule has 0 aliphatic rings. The maximum atomic E-state index is 10.8. The van der Waals surface area contributed by atoms with Crippen LogP contribution in [0.5, 0.6) is 0 Å². The van der Waals surface area contributed by atoms with Gasteiger partial charge in [0.15, 0.2) is 5.12 Å². The van der Waals surface area contributed by atoms with Gasteiger partial charge in [-0.1, -0.05) is 48.2 Å². The van der Waals surface area contributed by atoms with Crippen LogP contribution in [0.25, 0.3) is 17.3 Å². The number of hydrogen-bond donors (Lipinski definition) is 1. The molecule has 0 unspecified atom stereocenters. The van der Waals surface area contributed by atoms with E-state index >= 15 is 0 Å². The Labute approximate surface area is 110 Å². The molecule has 0 bridgehead atoms. The number of H-pyrrole nitrogens is 1. The van der Waals surface area contributed by atoms with Crippen LogP contribution in [0.3, 0.4) is 0 Å². The maximum absolute atomic E-state index is 10.8. The van der Waals surface area contributed by atoms with Crippen LogP contribution >= 0.6 is 11.8 Å². The van der Waals surface area contributed by atoms with E-state index in [2.05, 4.69) is 10.2 Å². The normalized spacial score (nSPS) is 10.9. The van der Waals surface area contributed by atoms with Crippen LogP contribution in [0.2, 0.25) is 0 Å². The van der Waals surface area contributed by atoms with Crippen molar-refractivity contribution in [3.8, 4) is 11.3 Å². The van der Waals surface area contributed by atoms with Crippen LogP contribution in [0.1, 0.15) is 12.5 Å². The number of nitrogens with zero attached hydrogens (tertiary/aromatic N) is 1. The fourth-order valence-corrected chi connectivity index (χ4v) is 1.97. The van der Waals surface area contributed by atoms with Crippen molar-refractivity contribution in [2.45, 2.75) is 6.92 Å². The number of carbonyl (C=O) groups is 1. The lowest BCUT2D eigenvalue weighted by molar-refractivity contribution is -0.109. The first-order chi connectivity index (χ1) is 8.75. The minimum absolute atomic E-state index is 0.147. The summed E-state index contributed by atoms with van der Waals surface area (Å²) in [5, 5.41) is 7.00. The number of benzene rings is 1. The summed E-state index contributed by atoms with van der Waals surface area (Å²) in [6, 6.07) is 10.1. The predicted molar refractivity (Wildman–Crippen MR) is 76.2 cm³/mol. The van der Waals surface area contributed by atoms with Gasteiger partial charge in [0.1, 0.15) is 0 Å². The van der Waals surface area contributed by atoms with E-state index in [1.165, 1.54) is 11.8 Å². The average molecular weight is 258 g/mol. The zero-order chi connectivity index (χ0) is 12.8. The first-order valence-corrected chi connectivity index (χ1v) is 6.64. The lowest BCUT2D eigenvalue weighted by Crippen LogP contribution is -1.82. The molecule has 4 heteroatoms. The first-order valence-electron chi connectivity index (χ1n) is 5.65. The van der Waals surface area contributed by atoms with Gasteiger partial charge in [-0.25, -0.2) is 0 Å². The average Bonchev–Trinajstić information content (AvgIpc) is 2.89. The third kappa shape index (κ3) is 3.60. The van der Waals surface area contributed by atoms with Gasteiger partial charge >= 0.3 is 0 Å². The minimum Gasteiger partial charge on any atom is -0.288 e. The number of thioether (sulfide) groups is 1. The molecular formula is C14H14N2OS. The Morgan fingerprint density at radius 2 is 2.11 bits per heavy atom. The smallest absolute Gasteiger partial charge is 0.186 e. The highest BCUT2D eigenvalue weighted by molar-refractivity contribution is 8.13. The molecule has 0 spiro atoms. The van der Waals surface area contributed by atoms with E-state index in [9.17, 15) is 4.79 Å². The van der Waals surface area contributed by atoms with Crippen LogP contribution < -0.4 is 0 Å². The molecule has 0 radical (unpaired) electrons. The molecule has 1 heterocycles. The summed E-state index contributed by atoms with van der Waals surface area (Å²) in [6.07, 6.45) is 5.76. The molecule has 2 aromatic rings. The Morgan fingerprint density at radius 1 is 1.33 bits per heavy atom. The second-order valence-electron chi connectivity index (χ2n) is 3.80. The molecule has 0 saturated carbocycles. The second kappa shape index (κ2) is 6.21. The second-order valence-corrected chi connectivity index (χ2v) is 4.99. The van der Waals surface area contributed by atoms with E-state index < -0.39 is 0 Å². The van der Waals surface area contributed by atoms with Gasteiger partial charge in [-0.05, 0) is 17.2 Å². The van der Waals surface area contributed by atoms with Gasteiger partial charge in [-0.3, -0.25) is 9.89 Å². The van der Waals surface area contributed by atoms with E-state index in [1.54, 1.807) is 13.1 Å². The number of nitrogens with one attached hydrogen (secondary N) is 1. The Kier molecular flexibility index (Phi) is 4.36. The third-order valence-corrected chi connectivity index (χ3v) is 3.18. The Morgan fingerprint density at radius 3 is 2.72 bits per heavy atom. The largest absolute Gasteiger partial charge is 0.288 e. The van der Waals surface area contributed by atoms with Crippen LogP contribution in [-0.4, -0.2) is 21.1 Å². The summed E-state index contributed by atoms with van der Waals surface area (Å²) in [4.78, 5) is 10.8. The highest BCUT2D eigenvalue weighted by atomic mass is 32.2. The zero-order valence-electron chi connectivity index (χ0n) is 10.1. The number of hydrogen-bond acceptors (Lipinski definition) is 3. The fourth-order valence-electron chi connectivity index (χ4n) is 1.54. The fraction of sp³-hybridized carbons (Fsp3) is 0.143. The topological polar surface area (TPSA) is 45.8 Å². The lowest BCUT2D eigenvalue weighted by atomic mass is 10.1. The summed E-state index contributed by atoms with van der Waals surface area (Å²) < 4.78 is 0. The van der Waals surface area contributed by atoms with Crippen LogP contribution in [0.15, 0.2) is 42.6 Å². The van der Waals surface area contributed by atoms with Gasteiger partial charge in [-0.15, -0.1) is 0 Å². The molecule has 1 aromatic carbocycles. The predicted octanol–water partition coefficient (Wildman–Crippen LogP) is 3.37. The highest BCUT2D eigenvalue weighted by Gasteiger charge is 1.97. The van der Waals surface area contributed by atoms with Gasteiger partial charge in [-0.2, -0.15) is 5.10 Å². The molecule has 0 saturated heterocycles. The SMILES string of the molecule is CC(=O)SCC=Cc1ccc(-c2ccn[nH]2)cc1. The molecule has 0 aliphatic heterocycles. The molecule has 18 heavy (non-hydrogen) atoms. The standard InChI is InChI=1S/C14H14N2OS/c1-11(17)18-10-2-3-12-4-6-13(7-5-12)14-8-9-15-16-14/h2-9H,10H2,1H3,(H,15,16). The van der Waals surface area contributed by atoms with Crippen molar-refractivity contribution in [3.63, 3.8) is 0 Å². The highest BCUT2D eigenvalue weighted by Crippen LogP contribution is 2.17. The van der Waals surface area contributed by atoms with Crippen LogP contribution in [0, 0.1) is 0 Å². The number of carbonyl (C=O) groups excluding carboxylic acids is 1. The van der Waals surface area contributed by atoms with Crippen LogP contribution in [-0.2, 0) is 4.79 Å². The van der Waals surface area contributed by atoms with Crippen molar-refractivity contribution in [2.24, 2.45) is 0 Å². The van der Waals surface area contributed by atoms with Gasteiger partial charge in [0.05, 0.1) is 5.69 Å². The summed E-state index contributed by atoms with van der Waals surface area (Å²) in [5.74, 6) is 0.720. The molecule has 0 fully saturated rings. The molecule has 1 N–H and O–H groups in total. The molecule has 3 nitrogen and oxygen atoms in total. The van der Waals surface area contributed by atoms with Gasteiger partial charge in [0.25, 0.3) is 0 Å². The van der Waals surface area contributed by atoms with Crippen molar-refractivity contribution in [2.75, 3.05) is 5.75 Å². The molecule has 2 rings (SSSR count). The minimum atomic E-state index is 0.147. The number of aromatic nitrogens is 2. The molecule has 1 aromatic heterocycles. The Bertz CT molecular complexity index is 529. The number of aromatic amines is 1. The molecule has 0 amide bonds. The van der Waals surface area contributed by atoms with E-state index in [0.29, 0.717) is 0 Å². The van der Waals surface area contributed by atoms with E-state index in [0.717, 1.165) is 22.6 Å². The zero-order valence-corrected chi connectivity index (χ0v) is 10.9. The van der Waals surface area contributed by atoms with Crippen molar-refractivity contribution >= 4 is 23.0 Å². The maximum Gasteiger partial charge on any atom is 0.186 e. The van der Waals surface area contributed by atoms with E-state index in [-0.39, 0.29) is 5.12 Å². The Balaban J connectivity index is 1.98. The monoisotopic (exact) mass is 258 g/mol. The van der Waals surface area contributed by atoms with Crippen molar-refractivity contribution < 1.29 is 4.79 Å². The summed E-state index contributed by atoms with van der Waals surface area (Å²) in [7, 11) is 0. The van der Waals surface area contributed by atoms with Crippen molar-refractivity contribution in [1.82, 2.24) is 10.2 Å². The number of rotatable bonds is 4. The molecule has 0 aliphatic carbocycles. The van der Waals surface area contributed by atoms with Gasteiger partial charge in [0, 0.05) is 18.9 Å². The van der Waals surface area contributed by atoms with Crippen LogP contribution in [0.4, 0.5) is 0 Å². The summed E-state index contributed by atoms with van der Waals surface area (Å²) in [5.41, 5.74) is 3.25. The quantitative estimate of drug-likeness (QED) is 0.914. The van der Waals surface area contributed by atoms with Gasteiger partial charge < -0.3 is 0 Å². The van der Waals surface area contributed by atoms with E-state index in [1.807, 2.05) is 42.5 Å². The van der Waals surface area contributed by atoms with E-state index in [4.69, 9.17) is 0 Å². The molecular weight excluding hydrogens is 244 g/mol. The first kappa shape index (κ1) is 12.6. The summed E-state index contributed by atoms with van der Waals surface area (Å²) >= 11 is 1.31. The van der Waals surface area contributed by atoms with Gasteiger partial charge in [0.2, 0.25) is 0 Å². The van der Waals surface area contributed by atoms with Crippen molar-refractivity contribution in [1.29, 1.82) is 0 Å². The molecule has 0 atom stereocenters. The molecule has 92 valence electrons. The van der Waals surface area contributed by atoms with Crippen molar-refractivity contribution in [3.05, 3.63) is 48.2 Å². The summed E-state index contributed by atoms with van der Waals surface area (Å²) in [6.45, 7) is 1.58. The third-order valence-electron chi connectivity index (χ3n) is 2.42. The lowest BCUT2D eigenvalue weighted by Gasteiger charge is -1.98.